The third-order valence-electron chi connectivity index (χ3n) is 4.08. The van der Waals surface area contributed by atoms with Crippen LogP contribution < -0.4 is 11.2 Å². The van der Waals surface area contributed by atoms with Crippen LogP contribution in [0.1, 0.15) is 23.6 Å². The van der Waals surface area contributed by atoms with Gasteiger partial charge in [0.25, 0.3) is 5.56 Å². The number of carbonyl (C=O) groups is 1. The van der Waals surface area contributed by atoms with Crippen LogP contribution in [0.5, 0.6) is 0 Å². The number of benzene rings is 1. The minimum atomic E-state index is -2.23. The number of rotatable bonds is 4. The molecular formula is C14H13AlIN3O4. The molecule has 1 atom stereocenters. The number of aryl methyl sites for hydroxylation is 1. The number of halogens is 1. The van der Waals surface area contributed by atoms with E-state index in [9.17, 15) is 19.5 Å². The summed E-state index contributed by atoms with van der Waals surface area (Å²) in [4.78, 5) is 38.8. The predicted octanol–water partition coefficient (Wildman–Crippen LogP) is 1.83. The lowest BCUT2D eigenvalue weighted by Gasteiger charge is -2.29. The molecule has 0 aliphatic heterocycles. The molecule has 3 rings (SSSR count). The van der Waals surface area contributed by atoms with Gasteiger partial charge in [-0.25, -0.2) is 4.79 Å². The molecule has 0 fully saturated rings. The van der Waals surface area contributed by atoms with Gasteiger partial charge in [0, 0.05) is 6.04 Å². The zero-order chi connectivity index (χ0) is 16.7. The predicted molar refractivity (Wildman–Crippen MR) is 96.1 cm³/mol. The molecule has 0 radical (unpaired) electrons. The number of aromatic nitrogens is 2. The van der Waals surface area contributed by atoms with Gasteiger partial charge >= 0.3 is 16.8 Å². The quantitative estimate of drug-likeness (QED) is 0.496. The molecule has 1 aliphatic carbocycles. The molecule has 3 N–H and O–H groups in total. The minimum absolute atomic E-state index is 0.0945. The number of H-pyrrole nitrogens is 2. The zero-order valence-corrected chi connectivity index (χ0v) is 15.3. The summed E-state index contributed by atoms with van der Waals surface area (Å²) in [6, 6.07) is 3.48. The molecule has 7 nitrogen and oxygen atoms in total. The highest BCUT2D eigenvalue weighted by Gasteiger charge is 2.39. The molecule has 9 heteroatoms. The van der Waals surface area contributed by atoms with Gasteiger partial charge in [-0.15, -0.1) is 0 Å². The lowest BCUT2D eigenvalue weighted by atomic mass is 10.1. The summed E-state index contributed by atoms with van der Waals surface area (Å²) in [6.45, 7) is 3.75. The highest BCUT2D eigenvalue weighted by molar-refractivity contribution is 14.1. The van der Waals surface area contributed by atoms with E-state index in [4.69, 9.17) is 0 Å². The van der Waals surface area contributed by atoms with E-state index in [1.807, 2.05) is 30.2 Å². The van der Waals surface area contributed by atoms with Crippen molar-refractivity contribution in [2.75, 3.05) is 0 Å². The SMILES string of the molecule is C=C[N](C1CCc2cc3[nH]c(=O)[nH]c(=O)c3cc21)[Al]([I])[C](=O)O. The molecule has 1 heterocycles. The summed E-state index contributed by atoms with van der Waals surface area (Å²) in [7, 11) is 0. The Morgan fingerprint density at radius 2 is 2.17 bits per heavy atom. The van der Waals surface area contributed by atoms with Gasteiger partial charge in [0.1, 0.15) is 0 Å². The molecule has 1 unspecified atom stereocenters. The number of hydrogen-bond donors (Lipinski definition) is 3. The van der Waals surface area contributed by atoms with E-state index in [1.165, 1.54) is 0 Å². The second kappa shape index (κ2) is 6.15. The average Bonchev–Trinajstić information content (AvgIpc) is 2.89. The Bertz CT molecular complexity index is 922. The maximum absolute atomic E-state index is 12.0. The third-order valence-corrected chi connectivity index (χ3v) is 9.11. The fraction of sp³-hybridized carbons (Fsp3) is 0.214. The van der Waals surface area contributed by atoms with Crippen LogP contribution in [0.25, 0.3) is 10.9 Å². The molecule has 0 saturated carbocycles. The van der Waals surface area contributed by atoms with Gasteiger partial charge in [0.15, 0.2) is 0 Å². The van der Waals surface area contributed by atoms with Gasteiger partial charge in [0.05, 0.1) is 10.9 Å². The van der Waals surface area contributed by atoms with Crippen molar-refractivity contribution in [3.8, 4) is 0 Å². The first-order valence-corrected chi connectivity index (χ1v) is 12.2. The first-order valence-electron chi connectivity index (χ1n) is 6.98. The van der Waals surface area contributed by atoms with Gasteiger partial charge in [-0.2, -0.15) is 20.3 Å². The first kappa shape index (κ1) is 16.3. The molecule has 1 aromatic heterocycles. The molecule has 23 heavy (non-hydrogen) atoms. The van der Waals surface area contributed by atoms with Crippen LogP contribution in [0.4, 0.5) is 4.79 Å². The Hall–Kier alpha value is -1.57. The van der Waals surface area contributed by atoms with Crippen molar-refractivity contribution >= 4 is 47.1 Å². The second-order valence-corrected chi connectivity index (χ2v) is 10.7. The minimum Gasteiger partial charge on any atom is -0.493 e. The van der Waals surface area contributed by atoms with Crippen LogP contribution in [-0.4, -0.2) is 34.9 Å². The maximum Gasteiger partial charge on any atom is 0.659 e. The largest absolute Gasteiger partial charge is 0.659 e. The van der Waals surface area contributed by atoms with Crippen LogP contribution in [0, 0.1) is 0 Å². The number of carboxylic acid groups (broad SMARTS) is 1. The topological polar surface area (TPSA) is 106 Å². The van der Waals surface area contributed by atoms with Gasteiger partial charge in [0.2, 0.25) is 4.83 Å². The first-order chi connectivity index (χ1) is 10.9. The number of nitrogens with zero attached hydrogens (tertiary/aromatic N) is 1. The molecule has 0 bridgehead atoms. The number of fused-ring (bicyclic) bond motifs is 2. The number of nitrogens with one attached hydrogen (secondary N) is 2. The molecule has 118 valence electrons. The standard InChI is InChI=1S/C13H12N3O2.CHO2.Al.HI/c1-2-14-10-4-3-7-5-11-9(6-8(7)10)12(17)16-13(18)15-11;2-1-3;;/h2,5-6,10H,1,3-4H2,(H2,15,16,17,18);(H,2,3);;1H/q-1;;+2;/p-1. The van der Waals surface area contributed by atoms with Crippen molar-refractivity contribution in [1.82, 2.24) is 13.9 Å². The summed E-state index contributed by atoms with van der Waals surface area (Å²) in [5.74, 6) is 0. The van der Waals surface area contributed by atoms with E-state index in [0.717, 1.165) is 24.0 Å². The van der Waals surface area contributed by atoms with Crippen LogP contribution in [0.3, 0.4) is 0 Å². The summed E-state index contributed by atoms with van der Waals surface area (Å²) >= 11 is -0.237. The van der Waals surface area contributed by atoms with E-state index in [0.29, 0.717) is 10.9 Å². The summed E-state index contributed by atoms with van der Waals surface area (Å²) in [5.41, 5.74) is 1.49. The molecule has 1 aliphatic rings. The van der Waals surface area contributed by atoms with Crippen LogP contribution in [-0.2, 0) is 6.42 Å². The van der Waals surface area contributed by atoms with Crippen LogP contribution in [0.2, 0.25) is 0 Å². The molecule has 0 saturated heterocycles. The smallest absolute Gasteiger partial charge is 0.493 e. The Morgan fingerprint density at radius 1 is 1.43 bits per heavy atom. The Balaban J connectivity index is 2.14. The molecular weight excluding hydrogens is 428 g/mol. The summed E-state index contributed by atoms with van der Waals surface area (Å²) in [5, 5.41) is 9.71. The van der Waals surface area contributed by atoms with E-state index in [-0.39, 0.29) is 6.04 Å². The molecule has 0 amide bonds. The average molecular weight is 441 g/mol. The lowest BCUT2D eigenvalue weighted by molar-refractivity contribution is 0.217. The van der Waals surface area contributed by atoms with Crippen molar-refractivity contribution in [2.24, 2.45) is 0 Å². The highest BCUT2D eigenvalue weighted by Crippen LogP contribution is 2.38. The van der Waals surface area contributed by atoms with Crippen molar-refractivity contribution in [1.29, 1.82) is 0 Å². The molecule has 1 aromatic carbocycles. The maximum atomic E-state index is 12.0. The second-order valence-electron chi connectivity index (χ2n) is 5.36. The van der Waals surface area contributed by atoms with Crippen LogP contribution >= 0.6 is 20.3 Å². The monoisotopic (exact) mass is 441 g/mol. The van der Waals surface area contributed by atoms with Crippen molar-refractivity contribution in [3.63, 3.8) is 0 Å². The van der Waals surface area contributed by atoms with Crippen molar-refractivity contribution in [3.05, 3.63) is 56.9 Å². The van der Waals surface area contributed by atoms with E-state index >= 15 is 0 Å². The van der Waals surface area contributed by atoms with E-state index < -0.39 is 27.2 Å². The van der Waals surface area contributed by atoms with Gasteiger partial charge < -0.3 is 14.0 Å². The number of aromatic amines is 2. The van der Waals surface area contributed by atoms with Crippen molar-refractivity contribution in [2.45, 2.75) is 18.9 Å². The normalized spacial score (nSPS) is 16.1. The van der Waals surface area contributed by atoms with Gasteiger partial charge in [-0.05, 0) is 42.3 Å². The Kier molecular flexibility index (Phi) is 4.35. The number of hydrogen-bond acceptors (Lipinski definition) is 4. The Morgan fingerprint density at radius 3 is 2.83 bits per heavy atom. The molecule has 2 aromatic rings. The zero-order valence-electron chi connectivity index (χ0n) is 12.0. The highest BCUT2D eigenvalue weighted by atomic mass is 127. The molecule has 0 spiro atoms. The van der Waals surface area contributed by atoms with Gasteiger partial charge in [-0.3, -0.25) is 14.6 Å². The van der Waals surface area contributed by atoms with Crippen LogP contribution in [0.15, 0.2) is 34.5 Å². The fourth-order valence-corrected chi connectivity index (χ4v) is 5.98. The van der Waals surface area contributed by atoms with E-state index in [2.05, 4.69) is 16.5 Å². The lowest BCUT2D eigenvalue weighted by Crippen LogP contribution is -2.38. The third kappa shape index (κ3) is 2.84. The Labute approximate surface area is 146 Å². The van der Waals surface area contributed by atoms with Gasteiger partial charge in [-0.1, -0.05) is 6.58 Å². The summed E-state index contributed by atoms with van der Waals surface area (Å²) in [6.07, 6.45) is 3.12. The van der Waals surface area contributed by atoms with Crippen molar-refractivity contribution < 1.29 is 9.90 Å². The fourth-order valence-electron chi connectivity index (χ4n) is 3.07. The van der Waals surface area contributed by atoms with E-state index in [1.54, 1.807) is 12.3 Å². The summed E-state index contributed by atoms with van der Waals surface area (Å²) < 4.78 is 1.82.